The summed E-state index contributed by atoms with van der Waals surface area (Å²) in [5.41, 5.74) is 13.2. The van der Waals surface area contributed by atoms with Gasteiger partial charge in [0.25, 0.3) is 0 Å². The lowest BCUT2D eigenvalue weighted by Gasteiger charge is -2.05. The number of nitrogen functional groups attached to an aromatic ring is 2. The highest BCUT2D eigenvalue weighted by Gasteiger charge is 1.97. The quantitative estimate of drug-likeness (QED) is 0.504. The van der Waals surface area contributed by atoms with E-state index in [4.69, 9.17) is 11.5 Å². The van der Waals surface area contributed by atoms with Crippen LogP contribution in [0.5, 0.6) is 0 Å². The van der Waals surface area contributed by atoms with Crippen molar-refractivity contribution in [3.63, 3.8) is 0 Å². The third-order valence-electron chi connectivity index (χ3n) is 1.41. The van der Waals surface area contributed by atoms with Crippen LogP contribution in [0, 0.1) is 0 Å². The molecule has 54 valence electrons. The molecular weight excluding hydrogens is 126 g/mol. The SMILES string of the molecule is CNc1cccc(N)c1N. The predicted octanol–water partition coefficient (Wildman–Crippen LogP) is 0.893. The highest BCUT2D eigenvalue weighted by molar-refractivity contribution is 5.78. The second kappa shape index (κ2) is 2.47. The second-order valence-corrected chi connectivity index (χ2v) is 2.06. The van der Waals surface area contributed by atoms with E-state index in [9.17, 15) is 0 Å². The van der Waals surface area contributed by atoms with E-state index in [0.29, 0.717) is 11.4 Å². The summed E-state index contributed by atoms with van der Waals surface area (Å²) in [7, 11) is 1.81. The van der Waals surface area contributed by atoms with Crippen LogP contribution in [0.4, 0.5) is 17.1 Å². The fourth-order valence-electron chi connectivity index (χ4n) is 0.801. The average molecular weight is 137 g/mol. The molecule has 0 aromatic heterocycles. The van der Waals surface area contributed by atoms with E-state index in [1.165, 1.54) is 0 Å². The van der Waals surface area contributed by atoms with Crippen LogP contribution in [-0.4, -0.2) is 7.05 Å². The van der Waals surface area contributed by atoms with Crippen LogP contribution in [0.3, 0.4) is 0 Å². The Labute approximate surface area is 60.0 Å². The van der Waals surface area contributed by atoms with Gasteiger partial charge >= 0.3 is 0 Å². The van der Waals surface area contributed by atoms with Crippen LogP contribution in [-0.2, 0) is 0 Å². The molecule has 1 aromatic carbocycles. The second-order valence-electron chi connectivity index (χ2n) is 2.06. The molecule has 0 saturated carbocycles. The molecule has 0 bridgehead atoms. The smallest absolute Gasteiger partial charge is 0.0783 e. The van der Waals surface area contributed by atoms with Gasteiger partial charge in [-0.15, -0.1) is 0 Å². The monoisotopic (exact) mass is 137 g/mol. The normalized spacial score (nSPS) is 9.30. The molecule has 0 unspecified atom stereocenters. The molecule has 0 heterocycles. The summed E-state index contributed by atoms with van der Waals surface area (Å²) in [6, 6.07) is 5.51. The molecule has 0 radical (unpaired) electrons. The van der Waals surface area contributed by atoms with Gasteiger partial charge in [0, 0.05) is 7.05 Å². The molecule has 0 fully saturated rings. The summed E-state index contributed by atoms with van der Waals surface area (Å²) in [6.07, 6.45) is 0. The Morgan fingerprint density at radius 2 is 2.00 bits per heavy atom. The average Bonchev–Trinajstić information content (AvgIpc) is 1.95. The van der Waals surface area contributed by atoms with Crippen LogP contribution in [0.1, 0.15) is 0 Å². The van der Waals surface area contributed by atoms with Crippen molar-refractivity contribution in [2.45, 2.75) is 0 Å². The molecule has 0 aliphatic carbocycles. The van der Waals surface area contributed by atoms with Gasteiger partial charge in [0.2, 0.25) is 0 Å². The van der Waals surface area contributed by atoms with Crippen molar-refractivity contribution in [3.05, 3.63) is 18.2 Å². The van der Waals surface area contributed by atoms with Gasteiger partial charge in [-0.3, -0.25) is 0 Å². The first-order valence-corrected chi connectivity index (χ1v) is 3.07. The van der Waals surface area contributed by atoms with Gasteiger partial charge in [-0.2, -0.15) is 0 Å². The van der Waals surface area contributed by atoms with Gasteiger partial charge in [0.1, 0.15) is 0 Å². The third-order valence-corrected chi connectivity index (χ3v) is 1.41. The first kappa shape index (κ1) is 6.74. The zero-order chi connectivity index (χ0) is 7.56. The molecule has 3 heteroatoms. The molecular formula is C7H11N3. The summed E-state index contributed by atoms with van der Waals surface area (Å²) in [5.74, 6) is 0. The summed E-state index contributed by atoms with van der Waals surface area (Å²) >= 11 is 0. The summed E-state index contributed by atoms with van der Waals surface area (Å²) in [6.45, 7) is 0. The standard InChI is InChI=1S/C7H11N3/c1-10-6-4-2-3-5(8)7(6)9/h2-4,10H,8-9H2,1H3. The molecule has 10 heavy (non-hydrogen) atoms. The Bertz CT molecular complexity index is 232. The molecule has 0 saturated heterocycles. The highest BCUT2D eigenvalue weighted by atomic mass is 14.9. The molecule has 3 nitrogen and oxygen atoms in total. The van der Waals surface area contributed by atoms with E-state index in [-0.39, 0.29) is 0 Å². The zero-order valence-corrected chi connectivity index (χ0v) is 5.89. The van der Waals surface area contributed by atoms with Crippen molar-refractivity contribution in [1.29, 1.82) is 0 Å². The third kappa shape index (κ3) is 0.978. The number of nitrogens with two attached hydrogens (primary N) is 2. The van der Waals surface area contributed by atoms with E-state index < -0.39 is 0 Å². The van der Waals surface area contributed by atoms with Gasteiger partial charge < -0.3 is 16.8 Å². The lowest BCUT2D eigenvalue weighted by atomic mass is 10.2. The number of para-hydroxylation sites is 1. The van der Waals surface area contributed by atoms with Gasteiger partial charge in [-0.05, 0) is 12.1 Å². The topological polar surface area (TPSA) is 64.1 Å². The Morgan fingerprint density at radius 3 is 2.50 bits per heavy atom. The number of hydrogen-bond donors (Lipinski definition) is 3. The molecule has 0 atom stereocenters. The molecule has 0 amide bonds. The van der Waals surface area contributed by atoms with E-state index in [1.807, 2.05) is 19.2 Å². The highest BCUT2D eigenvalue weighted by Crippen LogP contribution is 2.23. The number of nitrogens with one attached hydrogen (secondary N) is 1. The first-order chi connectivity index (χ1) is 4.75. The number of benzene rings is 1. The minimum Gasteiger partial charge on any atom is -0.397 e. The summed E-state index contributed by atoms with van der Waals surface area (Å²) in [4.78, 5) is 0. The largest absolute Gasteiger partial charge is 0.397 e. The fourth-order valence-corrected chi connectivity index (χ4v) is 0.801. The van der Waals surface area contributed by atoms with Crippen LogP contribution in [0.2, 0.25) is 0 Å². The maximum atomic E-state index is 5.61. The molecule has 0 spiro atoms. The predicted molar refractivity (Wildman–Crippen MR) is 44.8 cm³/mol. The van der Waals surface area contributed by atoms with Crippen LogP contribution < -0.4 is 16.8 Å². The maximum Gasteiger partial charge on any atom is 0.0783 e. The van der Waals surface area contributed by atoms with Crippen molar-refractivity contribution in [2.75, 3.05) is 23.8 Å². The molecule has 1 aromatic rings. The van der Waals surface area contributed by atoms with Crippen molar-refractivity contribution < 1.29 is 0 Å². The first-order valence-electron chi connectivity index (χ1n) is 3.07. The maximum absolute atomic E-state index is 5.61. The Kier molecular flexibility index (Phi) is 1.67. The zero-order valence-electron chi connectivity index (χ0n) is 5.89. The fraction of sp³-hybridized carbons (Fsp3) is 0.143. The minimum absolute atomic E-state index is 0.616. The summed E-state index contributed by atoms with van der Waals surface area (Å²) in [5, 5.41) is 2.93. The van der Waals surface area contributed by atoms with Gasteiger partial charge in [0.05, 0.1) is 17.1 Å². The van der Waals surface area contributed by atoms with E-state index in [0.717, 1.165) is 5.69 Å². The summed E-state index contributed by atoms with van der Waals surface area (Å²) < 4.78 is 0. The van der Waals surface area contributed by atoms with E-state index in [2.05, 4.69) is 5.32 Å². The number of anilines is 3. The van der Waals surface area contributed by atoms with Crippen LogP contribution >= 0.6 is 0 Å². The van der Waals surface area contributed by atoms with E-state index >= 15 is 0 Å². The Hall–Kier alpha value is -1.38. The van der Waals surface area contributed by atoms with Gasteiger partial charge in [-0.25, -0.2) is 0 Å². The van der Waals surface area contributed by atoms with Crippen LogP contribution in [0.25, 0.3) is 0 Å². The van der Waals surface area contributed by atoms with Crippen molar-refractivity contribution in [3.8, 4) is 0 Å². The van der Waals surface area contributed by atoms with Gasteiger partial charge in [0.15, 0.2) is 0 Å². The number of rotatable bonds is 1. The Balaban J connectivity index is 3.14. The lowest BCUT2D eigenvalue weighted by Crippen LogP contribution is -1.99. The van der Waals surface area contributed by atoms with Crippen molar-refractivity contribution in [1.82, 2.24) is 0 Å². The number of hydrogen-bond acceptors (Lipinski definition) is 3. The molecule has 1 rings (SSSR count). The van der Waals surface area contributed by atoms with Gasteiger partial charge in [-0.1, -0.05) is 6.07 Å². The van der Waals surface area contributed by atoms with Crippen molar-refractivity contribution in [2.24, 2.45) is 0 Å². The minimum atomic E-state index is 0.616. The molecule has 5 N–H and O–H groups in total. The van der Waals surface area contributed by atoms with Crippen LogP contribution in [0.15, 0.2) is 18.2 Å². The molecule has 0 aliphatic rings. The van der Waals surface area contributed by atoms with Crippen molar-refractivity contribution >= 4 is 17.1 Å². The molecule has 0 aliphatic heterocycles. The Morgan fingerprint density at radius 1 is 1.30 bits per heavy atom. The van der Waals surface area contributed by atoms with E-state index in [1.54, 1.807) is 6.07 Å². The lowest BCUT2D eigenvalue weighted by molar-refractivity contribution is 1.51.